The summed E-state index contributed by atoms with van der Waals surface area (Å²) in [6.07, 6.45) is 4.40. The Labute approximate surface area is 85.8 Å². The molecule has 0 aromatic carbocycles. The van der Waals surface area contributed by atoms with Crippen molar-refractivity contribution in [3.8, 4) is 0 Å². The smallest absolute Gasteiger partial charge is 0.235 e. The zero-order valence-electron chi connectivity index (χ0n) is 8.96. The van der Waals surface area contributed by atoms with Gasteiger partial charge in [-0.3, -0.25) is 10.2 Å². The summed E-state index contributed by atoms with van der Waals surface area (Å²) in [6.45, 7) is 5.38. The normalized spacial score (nSPS) is 22.6. The third-order valence-corrected chi connectivity index (χ3v) is 2.88. The Morgan fingerprint density at radius 2 is 2.43 bits per heavy atom. The van der Waals surface area contributed by atoms with Gasteiger partial charge in [0.25, 0.3) is 0 Å². The SMILES string of the molecule is CCCC1CCN(CCC(=O)NN)C1. The highest BCUT2D eigenvalue weighted by atomic mass is 16.2. The second-order valence-corrected chi connectivity index (χ2v) is 4.06. The van der Waals surface area contributed by atoms with Crippen molar-refractivity contribution in [1.82, 2.24) is 10.3 Å². The molecule has 0 spiro atoms. The summed E-state index contributed by atoms with van der Waals surface area (Å²) in [4.78, 5) is 13.3. The van der Waals surface area contributed by atoms with Crippen LogP contribution in [0.3, 0.4) is 0 Å². The van der Waals surface area contributed by atoms with Crippen molar-refractivity contribution < 1.29 is 4.79 Å². The van der Waals surface area contributed by atoms with E-state index in [1.807, 2.05) is 0 Å². The predicted molar refractivity (Wildman–Crippen MR) is 56.4 cm³/mol. The molecule has 4 heteroatoms. The van der Waals surface area contributed by atoms with Crippen LogP contribution in [0, 0.1) is 5.92 Å². The molecule has 3 N–H and O–H groups in total. The number of hydrazine groups is 1. The molecular weight excluding hydrogens is 178 g/mol. The first kappa shape index (κ1) is 11.5. The van der Waals surface area contributed by atoms with E-state index < -0.39 is 0 Å². The summed E-state index contributed by atoms with van der Waals surface area (Å²) in [5, 5.41) is 0. The number of nitrogens with two attached hydrogens (primary N) is 1. The Balaban J connectivity index is 2.13. The highest BCUT2D eigenvalue weighted by molar-refractivity contribution is 5.75. The molecule has 1 heterocycles. The average Bonchev–Trinajstić information content (AvgIpc) is 2.63. The van der Waals surface area contributed by atoms with Gasteiger partial charge in [0.15, 0.2) is 0 Å². The summed E-state index contributed by atoms with van der Waals surface area (Å²) >= 11 is 0. The number of hydrogen-bond acceptors (Lipinski definition) is 3. The molecule has 4 nitrogen and oxygen atoms in total. The quantitative estimate of drug-likeness (QED) is 0.385. The molecule has 0 aliphatic carbocycles. The summed E-state index contributed by atoms with van der Waals surface area (Å²) in [5.41, 5.74) is 2.16. The van der Waals surface area contributed by atoms with E-state index in [2.05, 4.69) is 17.2 Å². The molecule has 0 radical (unpaired) electrons. The van der Waals surface area contributed by atoms with Gasteiger partial charge in [-0.1, -0.05) is 13.3 Å². The van der Waals surface area contributed by atoms with Gasteiger partial charge in [-0.15, -0.1) is 0 Å². The predicted octanol–water partition coefficient (Wildman–Crippen LogP) is 0.488. The third-order valence-electron chi connectivity index (χ3n) is 2.88. The molecule has 1 saturated heterocycles. The van der Waals surface area contributed by atoms with Gasteiger partial charge < -0.3 is 4.90 Å². The molecule has 0 bridgehead atoms. The van der Waals surface area contributed by atoms with Crippen molar-refractivity contribution in [2.75, 3.05) is 19.6 Å². The number of carbonyl (C=O) groups excluding carboxylic acids is 1. The van der Waals surface area contributed by atoms with E-state index in [1.54, 1.807) is 0 Å². The number of likely N-dealkylation sites (tertiary alicyclic amines) is 1. The molecule has 1 unspecified atom stereocenters. The van der Waals surface area contributed by atoms with Crippen LogP contribution in [-0.2, 0) is 4.79 Å². The van der Waals surface area contributed by atoms with Crippen LogP contribution in [0.1, 0.15) is 32.6 Å². The molecule has 0 aromatic heterocycles. The van der Waals surface area contributed by atoms with Crippen molar-refractivity contribution >= 4 is 5.91 Å². The number of nitrogens with one attached hydrogen (secondary N) is 1. The van der Waals surface area contributed by atoms with Gasteiger partial charge in [-0.2, -0.15) is 0 Å². The Kier molecular flexibility index (Phi) is 4.90. The van der Waals surface area contributed by atoms with Gasteiger partial charge in [0, 0.05) is 19.5 Å². The molecule has 0 saturated carbocycles. The molecule has 1 aliphatic rings. The van der Waals surface area contributed by atoms with Gasteiger partial charge >= 0.3 is 0 Å². The van der Waals surface area contributed by atoms with E-state index in [1.165, 1.54) is 19.3 Å². The molecule has 0 aromatic rings. The Bertz CT molecular complexity index is 184. The topological polar surface area (TPSA) is 58.4 Å². The number of hydrogen-bond donors (Lipinski definition) is 2. The second kappa shape index (κ2) is 5.98. The summed E-state index contributed by atoms with van der Waals surface area (Å²) in [7, 11) is 0. The molecule has 1 amide bonds. The molecule has 1 fully saturated rings. The van der Waals surface area contributed by atoms with Crippen molar-refractivity contribution in [1.29, 1.82) is 0 Å². The first-order chi connectivity index (χ1) is 6.76. The minimum Gasteiger partial charge on any atom is -0.303 e. The Hall–Kier alpha value is -0.610. The monoisotopic (exact) mass is 199 g/mol. The first-order valence-corrected chi connectivity index (χ1v) is 5.48. The Morgan fingerprint density at radius 3 is 3.07 bits per heavy atom. The molecule has 14 heavy (non-hydrogen) atoms. The van der Waals surface area contributed by atoms with Gasteiger partial charge in [-0.05, 0) is 25.3 Å². The third kappa shape index (κ3) is 3.64. The summed E-state index contributed by atoms with van der Waals surface area (Å²) in [6, 6.07) is 0. The van der Waals surface area contributed by atoms with Gasteiger partial charge in [0.05, 0.1) is 0 Å². The highest BCUT2D eigenvalue weighted by Gasteiger charge is 2.21. The van der Waals surface area contributed by atoms with Crippen LogP contribution in [-0.4, -0.2) is 30.4 Å². The van der Waals surface area contributed by atoms with E-state index in [0.29, 0.717) is 6.42 Å². The maximum atomic E-state index is 10.9. The van der Waals surface area contributed by atoms with Crippen LogP contribution in [0.2, 0.25) is 0 Å². The van der Waals surface area contributed by atoms with E-state index in [4.69, 9.17) is 5.84 Å². The standard InChI is InChI=1S/C10H21N3O/c1-2-3-9-4-6-13(8-9)7-5-10(14)12-11/h9H,2-8,11H2,1H3,(H,12,14). The van der Waals surface area contributed by atoms with E-state index in [-0.39, 0.29) is 5.91 Å². The summed E-state index contributed by atoms with van der Waals surface area (Å²) < 4.78 is 0. The van der Waals surface area contributed by atoms with E-state index in [0.717, 1.165) is 25.6 Å². The van der Waals surface area contributed by atoms with Crippen molar-refractivity contribution in [3.63, 3.8) is 0 Å². The molecular formula is C10H21N3O. The number of carbonyl (C=O) groups is 1. The molecule has 1 aliphatic heterocycles. The average molecular weight is 199 g/mol. The first-order valence-electron chi connectivity index (χ1n) is 5.48. The van der Waals surface area contributed by atoms with Crippen LogP contribution >= 0.6 is 0 Å². The van der Waals surface area contributed by atoms with Gasteiger partial charge in [0.1, 0.15) is 0 Å². The fourth-order valence-corrected chi connectivity index (χ4v) is 2.09. The zero-order chi connectivity index (χ0) is 10.4. The van der Waals surface area contributed by atoms with Crippen LogP contribution in [0.5, 0.6) is 0 Å². The lowest BCUT2D eigenvalue weighted by Gasteiger charge is -2.14. The minimum atomic E-state index is -0.0658. The number of amides is 1. The minimum absolute atomic E-state index is 0.0658. The van der Waals surface area contributed by atoms with Crippen LogP contribution in [0.15, 0.2) is 0 Å². The fourth-order valence-electron chi connectivity index (χ4n) is 2.09. The molecule has 82 valence electrons. The zero-order valence-corrected chi connectivity index (χ0v) is 8.96. The molecule has 1 atom stereocenters. The Morgan fingerprint density at radius 1 is 1.64 bits per heavy atom. The van der Waals surface area contributed by atoms with E-state index >= 15 is 0 Å². The lowest BCUT2D eigenvalue weighted by molar-refractivity contribution is -0.121. The van der Waals surface area contributed by atoms with Crippen LogP contribution < -0.4 is 11.3 Å². The highest BCUT2D eigenvalue weighted by Crippen LogP contribution is 2.20. The fraction of sp³-hybridized carbons (Fsp3) is 0.900. The van der Waals surface area contributed by atoms with E-state index in [9.17, 15) is 4.79 Å². The van der Waals surface area contributed by atoms with Crippen molar-refractivity contribution in [3.05, 3.63) is 0 Å². The van der Waals surface area contributed by atoms with Crippen molar-refractivity contribution in [2.45, 2.75) is 32.6 Å². The maximum Gasteiger partial charge on any atom is 0.235 e. The lowest BCUT2D eigenvalue weighted by atomic mass is 10.0. The number of nitrogens with zero attached hydrogens (tertiary/aromatic N) is 1. The largest absolute Gasteiger partial charge is 0.303 e. The number of rotatable bonds is 5. The van der Waals surface area contributed by atoms with Gasteiger partial charge in [-0.25, -0.2) is 5.84 Å². The van der Waals surface area contributed by atoms with Crippen molar-refractivity contribution in [2.24, 2.45) is 11.8 Å². The molecule has 1 rings (SSSR count). The second-order valence-electron chi connectivity index (χ2n) is 4.06. The van der Waals surface area contributed by atoms with Crippen LogP contribution in [0.25, 0.3) is 0 Å². The van der Waals surface area contributed by atoms with Gasteiger partial charge in [0.2, 0.25) is 5.91 Å². The lowest BCUT2D eigenvalue weighted by Crippen LogP contribution is -2.33. The maximum absolute atomic E-state index is 10.9. The van der Waals surface area contributed by atoms with Crippen LogP contribution in [0.4, 0.5) is 0 Å². The summed E-state index contributed by atoms with van der Waals surface area (Å²) in [5.74, 6) is 5.80.